The molecular formula is C13H26N4O2S2. The summed E-state index contributed by atoms with van der Waals surface area (Å²) in [6.07, 6.45) is 4.92. The van der Waals surface area contributed by atoms with E-state index < -0.39 is 10.0 Å². The quantitative estimate of drug-likeness (QED) is 0.712. The van der Waals surface area contributed by atoms with Gasteiger partial charge >= 0.3 is 0 Å². The van der Waals surface area contributed by atoms with E-state index in [1.807, 2.05) is 20.1 Å². The molecule has 0 aromatic carbocycles. The normalized spacial score (nSPS) is 13.0. The van der Waals surface area contributed by atoms with Crippen LogP contribution in [0.25, 0.3) is 0 Å². The van der Waals surface area contributed by atoms with Crippen molar-refractivity contribution >= 4 is 21.8 Å². The summed E-state index contributed by atoms with van der Waals surface area (Å²) in [4.78, 5) is 0.212. The number of rotatable bonds is 9. The van der Waals surface area contributed by atoms with Crippen LogP contribution in [0.1, 0.15) is 27.7 Å². The van der Waals surface area contributed by atoms with Gasteiger partial charge in [-0.1, -0.05) is 13.8 Å². The van der Waals surface area contributed by atoms with Crippen LogP contribution in [0.2, 0.25) is 0 Å². The first kappa shape index (κ1) is 18.5. The van der Waals surface area contributed by atoms with E-state index in [4.69, 9.17) is 0 Å². The number of thioether (sulfide) groups is 1. The Hall–Kier alpha value is -0.570. The summed E-state index contributed by atoms with van der Waals surface area (Å²) in [5.41, 5.74) is 0. The maximum Gasteiger partial charge on any atom is 0.243 e. The molecule has 122 valence electrons. The number of hydrogen-bond acceptors (Lipinski definition) is 5. The molecule has 0 aliphatic rings. The van der Waals surface area contributed by atoms with Gasteiger partial charge in [0.15, 0.2) is 0 Å². The Balaban J connectivity index is 2.62. The highest BCUT2D eigenvalue weighted by Gasteiger charge is 2.22. The summed E-state index contributed by atoms with van der Waals surface area (Å²) >= 11 is 1.63. The van der Waals surface area contributed by atoms with Crippen molar-refractivity contribution in [3.8, 4) is 0 Å². The highest BCUT2D eigenvalue weighted by molar-refractivity contribution is 8.00. The second kappa shape index (κ2) is 7.62. The smallest absolute Gasteiger partial charge is 0.243 e. The largest absolute Gasteiger partial charge is 0.313 e. The van der Waals surface area contributed by atoms with Gasteiger partial charge in [-0.25, -0.2) is 13.1 Å². The van der Waals surface area contributed by atoms with Crippen LogP contribution in [0.3, 0.4) is 0 Å². The van der Waals surface area contributed by atoms with Crippen LogP contribution in [0.5, 0.6) is 0 Å². The highest BCUT2D eigenvalue weighted by atomic mass is 32.2. The fourth-order valence-electron chi connectivity index (χ4n) is 1.50. The third-order valence-corrected chi connectivity index (χ3v) is 5.66. The molecule has 8 heteroatoms. The zero-order chi connectivity index (χ0) is 16.1. The van der Waals surface area contributed by atoms with Crippen LogP contribution in [-0.4, -0.2) is 48.3 Å². The van der Waals surface area contributed by atoms with Gasteiger partial charge in [0, 0.05) is 30.1 Å². The number of hydrogen-bond donors (Lipinski definition) is 2. The van der Waals surface area contributed by atoms with E-state index in [0.717, 1.165) is 6.54 Å². The SMILES string of the molecule is CSC(C)(C)CNS(=O)(=O)c1cnn(CCNC(C)C)c1. The second-order valence-electron chi connectivity index (χ2n) is 5.84. The molecule has 0 unspecified atom stereocenters. The van der Waals surface area contributed by atoms with E-state index in [0.29, 0.717) is 19.1 Å². The molecule has 0 aliphatic heterocycles. The molecule has 0 fully saturated rings. The predicted molar refractivity (Wildman–Crippen MR) is 88.1 cm³/mol. The molecule has 1 aromatic rings. The van der Waals surface area contributed by atoms with Crippen LogP contribution in [-0.2, 0) is 16.6 Å². The van der Waals surface area contributed by atoms with Crippen molar-refractivity contribution in [2.45, 2.75) is 49.9 Å². The van der Waals surface area contributed by atoms with Gasteiger partial charge in [-0.05, 0) is 20.1 Å². The number of nitrogens with one attached hydrogen (secondary N) is 2. The molecule has 6 nitrogen and oxygen atoms in total. The molecule has 0 aliphatic carbocycles. The molecule has 0 atom stereocenters. The van der Waals surface area contributed by atoms with E-state index in [1.54, 1.807) is 22.6 Å². The van der Waals surface area contributed by atoms with E-state index in [9.17, 15) is 8.42 Å². The Kier molecular flexibility index (Phi) is 6.71. The van der Waals surface area contributed by atoms with Crippen molar-refractivity contribution < 1.29 is 8.42 Å². The van der Waals surface area contributed by atoms with E-state index >= 15 is 0 Å². The molecule has 0 saturated heterocycles. The van der Waals surface area contributed by atoms with Crippen molar-refractivity contribution in [1.82, 2.24) is 19.8 Å². The average molecular weight is 335 g/mol. The van der Waals surface area contributed by atoms with Gasteiger partial charge in [-0.3, -0.25) is 4.68 Å². The minimum atomic E-state index is -3.49. The molecule has 0 radical (unpaired) electrons. The fraction of sp³-hybridized carbons (Fsp3) is 0.769. The maximum atomic E-state index is 12.2. The van der Waals surface area contributed by atoms with Crippen LogP contribution < -0.4 is 10.0 Å². The minimum absolute atomic E-state index is 0.135. The number of nitrogens with zero attached hydrogens (tertiary/aromatic N) is 2. The van der Waals surface area contributed by atoms with Gasteiger partial charge in [0.2, 0.25) is 10.0 Å². The Labute approximate surface area is 132 Å². The molecule has 21 heavy (non-hydrogen) atoms. The summed E-state index contributed by atoms with van der Waals surface area (Å²) in [6.45, 7) is 9.92. The second-order valence-corrected chi connectivity index (χ2v) is 9.12. The molecule has 1 aromatic heterocycles. The van der Waals surface area contributed by atoms with Gasteiger partial charge in [0.25, 0.3) is 0 Å². The molecule has 0 saturated carbocycles. The van der Waals surface area contributed by atoms with Crippen molar-refractivity contribution in [3.05, 3.63) is 12.4 Å². The van der Waals surface area contributed by atoms with Crippen molar-refractivity contribution in [2.75, 3.05) is 19.3 Å². The monoisotopic (exact) mass is 334 g/mol. The predicted octanol–water partition coefficient (Wildman–Crippen LogP) is 1.30. The lowest BCUT2D eigenvalue weighted by Crippen LogP contribution is -2.35. The minimum Gasteiger partial charge on any atom is -0.313 e. The zero-order valence-electron chi connectivity index (χ0n) is 13.4. The number of aromatic nitrogens is 2. The summed E-state index contributed by atoms with van der Waals surface area (Å²) in [7, 11) is -3.49. The van der Waals surface area contributed by atoms with Crippen LogP contribution >= 0.6 is 11.8 Å². The average Bonchev–Trinajstić information content (AvgIpc) is 2.86. The third kappa shape index (κ3) is 6.37. The first-order chi connectivity index (χ1) is 9.66. The fourth-order valence-corrected chi connectivity index (χ4v) is 2.97. The summed E-state index contributed by atoms with van der Waals surface area (Å²) < 4.78 is 28.5. The Morgan fingerprint density at radius 2 is 2.10 bits per heavy atom. The Bertz CT molecular complexity index is 538. The standard InChI is InChI=1S/C13H26N4O2S2/c1-11(2)14-6-7-17-9-12(8-15-17)21(18,19)16-10-13(3,4)20-5/h8-9,11,14,16H,6-7,10H2,1-5H3. The lowest BCUT2D eigenvalue weighted by Gasteiger charge is -2.21. The first-order valence-electron chi connectivity index (χ1n) is 6.97. The van der Waals surface area contributed by atoms with Gasteiger partial charge < -0.3 is 5.32 Å². The lowest BCUT2D eigenvalue weighted by molar-refractivity contribution is 0.514. The molecule has 1 rings (SSSR count). The molecule has 2 N–H and O–H groups in total. The summed E-state index contributed by atoms with van der Waals surface area (Å²) in [5.74, 6) is 0. The Morgan fingerprint density at radius 3 is 2.67 bits per heavy atom. The van der Waals surface area contributed by atoms with E-state index in [2.05, 4.69) is 29.0 Å². The van der Waals surface area contributed by atoms with E-state index in [-0.39, 0.29) is 9.64 Å². The highest BCUT2D eigenvalue weighted by Crippen LogP contribution is 2.20. The summed E-state index contributed by atoms with van der Waals surface area (Å²) in [5, 5.41) is 7.36. The molecule has 0 amide bonds. The van der Waals surface area contributed by atoms with Gasteiger partial charge in [-0.2, -0.15) is 16.9 Å². The van der Waals surface area contributed by atoms with Crippen molar-refractivity contribution in [1.29, 1.82) is 0 Å². The molecule has 0 bridgehead atoms. The van der Waals surface area contributed by atoms with Gasteiger partial charge in [-0.15, -0.1) is 0 Å². The van der Waals surface area contributed by atoms with E-state index in [1.165, 1.54) is 6.20 Å². The third-order valence-electron chi connectivity index (χ3n) is 3.05. The molecule has 0 spiro atoms. The van der Waals surface area contributed by atoms with Crippen LogP contribution in [0.15, 0.2) is 17.3 Å². The van der Waals surface area contributed by atoms with Crippen molar-refractivity contribution in [3.63, 3.8) is 0 Å². The van der Waals surface area contributed by atoms with Gasteiger partial charge in [0.05, 0.1) is 12.7 Å². The topological polar surface area (TPSA) is 76.0 Å². The molecular weight excluding hydrogens is 308 g/mol. The molecule has 1 heterocycles. The maximum absolute atomic E-state index is 12.2. The first-order valence-corrected chi connectivity index (χ1v) is 9.68. The van der Waals surface area contributed by atoms with Crippen LogP contribution in [0, 0.1) is 0 Å². The van der Waals surface area contributed by atoms with Crippen LogP contribution in [0.4, 0.5) is 0 Å². The lowest BCUT2D eigenvalue weighted by atomic mass is 10.2. The van der Waals surface area contributed by atoms with Gasteiger partial charge in [0.1, 0.15) is 4.90 Å². The summed E-state index contributed by atoms with van der Waals surface area (Å²) in [6, 6.07) is 0.402. The Morgan fingerprint density at radius 1 is 1.43 bits per heavy atom. The zero-order valence-corrected chi connectivity index (χ0v) is 15.0. The number of sulfonamides is 1. The van der Waals surface area contributed by atoms with Crippen molar-refractivity contribution in [2.24, 2.45) is 0 Å².